The Bertz CT molecular complexity index is 590. The highest BCUT2D eigenvalue weighted by atomic mass is 35.5. The number of hydrogen-bond acceptors (Lipinski definition) is 0. The lowest BCUT2D eigenvalue weighted by Crippen LogP contribution is -1.98. The van der Waals surface area contributed by atoms with Crippen LogP contribution in [0.1, 0.15) is 33.2 Å². The van der Waals surface area contributed by atoms with Gasteiger partial charge in [0.15, 0.2) is 0 Å². The molecule has 0 radical (unpaired) electrons. The molecule has 0 amide bonds. The zero-order valence-electron chi connectivity index (χ0n) is 11.5. The van der Waals surface area contributed by atoms with E-state index < -0.39 is 0 Å². The van der Waals surface area contributed by atoms with Crippen LogP contribution < -0.4 is 0 Å². The van der Waals surface area contributed by atoms with Crippen molar-refractivity contribution in [3.8, 4) is 0 Å². The summed E-state index contributed by atoms with van der Waals surface area (Å²) < 4.78 is 13.5. The van der Waals surface area contributed by atoms with E-state index in [1.54, 1.807) is 13.0 Å². The van der Waals surface area contributed by atoms with Crippen LogP contribution >= 0.6 is 11.6 Å². The molecule has 0 aliphatic heterocycles. The van der Waals surface area contributed by atoms with Crippen molar-refractivity contribution >= 4 is 11.6 Å². The van der Waals surface area contributed by atoms with Crippen LogP contribution in [0.3, 0.4) is 0 Å². The van der Waals surface area contributed by atoms with E-state index in [-0.39, 0.29) is 11.2 Å². The van der Waals surface area contributed by atoms with Gasteiger partial charge >= 0.3 is 0 Å². The summed E-state index contributed by atoms with van der Waals surface area (Å²) >= 11 is 6.39. The van der Waals surface area contributed by atoms with Gasteiger partial charge in [-0.2, -0.15) is 0 Å². The van der Waals surface area contributed by atoms with Crippen molar-refractivity contribution in [1.82, 2.24) is 0 Å². The predicted octanol–water partition coefficient (Wildman–Crippen LogP) is 5.27. The normalized spacial score (nSPS) is 12.5. The Kier molecular flexibility index (Phi) is 4.26. The molecule has 2 heteroatoms. The van der Waals surface area contributed by atoms with Crippen LogP contribution in [0.15, 0.2) is 36.4 Å². The van der Waals surface area contributed by atoms with E-state index in [0.717, 1.165) is 5.56 Å². The first-order chi connectivity index (χ1) is 8.97. The van der Waals surface area contributed by atoms with Crippen LogP contribution in [0.4, 0.5) is 4.39 Å². The summed E-state index contributed by atoms with van der Waals surface area (Å²) in [5, 5.41) is -0.197. The number of alkyl halides is 1. The summed E-state index contributed by atoms with van der Waals surface area (Å²) in [4.78, 5) is 0. The topological polar surface area (TPSA) is 0 Å². The lowest BCUT2D eigenvalue weighted by Gasteiger charge is -2.12. The smallest absolute Gasteiger partial charge is 0.126 e. The SMILES string of the molecule is Cc1ccc(CC(Cl)c2ccc(C)c(F)c2)cc1C. The second kappa shape index (κ2) is 5.75. The van der Waals surface area contributed by atoms with Crippen LogP contribution in [0, 0.1) is 26.6 Å². The molecule has 2 aromatic rings. The highest BCUT2D eigenvalue weighted by Crippen LogP contribution is 2.27. The summed E-state index contributed by atoms with van der Waals surface area (Å²) in [6, 6.07) is 11.5. The van der Waals surface area contributed by atoms with Gasteiger partial charge in [0, 0.05) is 0 Å². The number of hydrogen-bond donors (Lipinski definition) is 0. The molecule has 2 rings (SSSR count). The van der Waals surface area contributed by atoms with Gasteiger partial charge in [-0.05, 0) is 61.1 Å². The summed E-state index contributed by atoms with van der Waals surface area (Å²) in [6.07, 6.45) is 0.713. The lowest BCUT2D eigenvalue weighted by atomic mass is 9.99. The fraction of sp³-hybridized carbons (Fsp3) is 0.294. The molecule has 0 aliphatic rings. The van der Waals surface area contributed by atoms with Gasteiger partial charge in [0.2, 0.25) is 0 Å². The van der Waals surface area contributed by atoms with Gasteiger partial charge in [-0.15, -0.1) is 11.6 Å². The molecular formula is C17H18ClF. The maximum absolute atomic E-state index is 13.5. The maximum atomic E-state index is 13.5. The summed E-state index contributed by atoms with van der Waals surface area (Å²) in [5.41, 5.74) is 5.21. The number of aryl methyl sites for hydroxylation is 3. The van der Waals surface area contributed by atoms with E-state index >= 15 is 0 Å². The number of halogens is 2. The minimum atomic E-state index is -0.197. The average molecular weight is 277 g/mol. The fourth-order valence-corrected chi connectivity index (χ4v) is 2.37. The first kappa shape index (κ1) is 14.1. The first-order valence-electron chi connectivity index (χ1n) is 6.43. The van der Waals surface area contributed by atoms with Crippen LogP contribution in [0.25, 0.3) is 0 Å². The van der Waals surface area contributed by atoms with Gasteiger partial charge in [-0.1, -0.05) is 30.3 Å². The molecule has 0 aliphatic carbocycles. The monoisotopic (exact) mass is 276 g/mol. The third kappa shape index (κ3) is 3.36. The molecule has 0 saturated heterocycles. The second-order valence-corrected chi connectivity index (χ2v) is 5.63. The van der Waals surface area contributed by atoms with Crippen molar-refractivity contribution in [1.29, 1.82) is 0 Å². The average Bonchev–Trinajstić information content (AvgIpc) is 2.37. The maximum Gasteiger partial charge on any atom is 0.126 e. The molecule has 100 valence electrons. The molecular weight excluding hydrogens is 259 g/mol. The minimum absolute atomic E-state index is 0.191. The second-order valence-electron chi connectivity index (χ2n) is 5.10. The van der Waals surface area contributed by atoms with Crippen molar-refractivity contribution in [2.75, 3.05) is 0 Å². The van der Waals surface area contributed by atoms with Gasteiger partial charge in [0.05, 0.1) is 5.38 Å². The van der Waals surface area contributed by atoms with Crippen molar-refractivity contribution < 1.29 is 4.39 Å². The van der Waals surface area contributed by atoms with Crippen LogP contribution in [0.5, 0.6) is 0 Å². The van der Waals surface area contributed by atoms with Crippen LogP contribution in [-0.4, -0.2) is 0 Å². The molecule has 0 fully saturated rings. The van der Waals surface area contributed by atoms with Crippen molar-refractivity contribution in [2.24, 2.45) is 0 Å². The Morgan fingerprint density at radius 2 is 1.63 bits per heavy atom. The highest BCUT2D eigenvalue weighted by Gasteiger charge is 2.11. The van der Waals surface area contributed by atoms with Crippen molar-refractivity contribution in [3.63, 3.8) is 0 Å². The largest absolute Gasteiger partial charge is 0.207 e. The molecule has 0 saturated carbocycles. The third-order valence-electron chi connectivity index (χ3n) is 3.54. The molecule has 0 N–H and O–H groups in total. The molecule has 1 atom stereocenters. The third-order valence-corrected chi connectivity index (χ3v) is 3.95. The van der Waals surface area contributed by atoms with Crippen LogP contribution in [-0.2, 0) is 6.42 Å². The van der Waals surface area contributed by atoms with Gasteiger partial charge in [-0.3, -0.25) is 0 Å². The van der Waals surface area contributed by atoms with Gasteiger partial charge in [-0.25, -0.2) is 4.39 Å². The Balaban J connectivity index is 2.17. The van der Waals surface area contributed by atoms with E-state index in [4.69, 9.17) is 11.6 Å². The Morgan fingerprint density at radius 1 is 0.947 bits per heavy atom. The Labute approximate surface area is 119 Å². The molecule has 0 bridgehead atoms. The van der Waals surface area contributed by atoms with E-state index in [9.17, 15) is 4.39 Å². The fourth-order valence-electron chi connectivity index (χ4n) is 2.06. The first-order valence-corrected chi connectivity index (χ1v) is 6.87. The summed E-state index contributed by atoms with van der Waals surface area (Å²) in [7, 11) is 0. The van der Waals surface area contributed by atoms with Gasteiger partial charge < -0.3 is 0 Å². The van der Waals surface area contributed by atoms with Gasteiger partial charge in [0.1, 0.15) is 5.82 Å². The van der Waals surface area contributed by atoms with Crippen LogP contribution in [0.2, 0.25) is 0 Å². The van der Waals surface area contributed by atoms with E-state index in [0.29, 0.717) is 12.0 Å². The molecule has 0 heterocycles. The number of benzene rings is 2. The van der Waals surface area contributed by atoms with E-state index in [1.165, 1.54) is 22.8 Å². The minimum Gasteiger partial charge on any atom is -0.207 e. The molecule has 0 spiro atoms. The zero-order chi connectivity index (χ0) is 14.0. The van der Waals surface area contributed by atoms with Crippen molar-refractivity contribution in [3.05, 3.63) is 70.0 Å². The quantitative estimate of drug-likeness (QED) is 0.670. The lowest BCUT2D eigenvalue weighted by molar-refractivity contribution is 0.615. The highest BCUT2D eigenvalue weighted by molar-refractivity contribution is 6.20. The Morgan fingerprint density at radius 3 is 2.26 bits per heavy atom. The molecule has 2 aromatic carbocycles. The molecule has 19 heavy (non-hydrogen) atoms. The predicted molar refractivity (Wildman–Crippen MR) is 79.4 cm³/mol. The molecule has 0 aromatic heterocycles. The summed E-state index contributed by atoms with van der Waals surface area (Å²) in [6.45, 7) is 5.94. The number of rotatable bonds is 3. The molecule has 1 unspecified atom stereocenters. The molecule has 0 nitrogen and oxygen atoms in total. The van der Waals surface area contributed by atoms with Gasteiger partial charge in [0.25, 0.3) is 0 Å². The van der Waals surface area contributed by atoms with E-state index in [2.05, 4.69) is 32.0 Å². The Hall–Kier alpha value is -1.34. The summed E-state index contributed by atoms with van der Waals surface area (Å²) in [5.74, 6) is -0.191. The van der Waals surface area contributed by atoms with E-state index in [1.807, 2.05) is 6.07 Å². The van der Waals surface area contributed by atoms with Crippen molar-refractivity contribution in [2.45, 2.75) is 32.6 Å². The zero-order valence-corrected chi connectivity index (χ0v) is 12.3. The standard InChI is InChI=1S/C17H18ClF/c1-11-4-6-14(8-13(11)3)9-16(18)15-7-5-12(2)17(19)10-15/h4-8,10,16H,9H2,1-3H3.